The van der Waals surface area contributed by atoms with Gasteiger partial charge in [0.2, 0.25) is 0 Å². The minimum absolute atomic E-state index is 0.261. The van der Waals surface area contributed by atoms with E-state index in [-0.39, 0.29) is 21.6 Å². The molecule has 4 aromatic rings. The number of methoxy groups -OCH3 is 2. The van der Waals surface area contributed by atoms with Crippen LogP contribution in [0.5, 0.6) is 11.5 Å². The number of halogens is 2. The summed E-state index contributed by atoms with van der Waals surface area (Å²) in [5.74, 6) is 0.839. The van der Waals surface area contributed by atoms with Crippen LogP contribution in [0.25, 0.3) is 22.2 Å². The van der Waals surface area contributed by atoms with Crippen LogP contribution in [0.3, 0.4) is 0 Å². The number of hydrogen-bond donors (Lipinski definition) is 2. The predicted molar refractivity (Wildman–Crippen MR) is 129 cm³/mol. The molecule has 0 bridgehead atoms. The van der Waals surface area contributed by atoms with E-state index in [9.17, 15) is 4.79 Å². The van der Waals surface area contributed by atoms with Crippen LogP contribution < -0.4 is 20.5 Å². The molecular weight excluding hydrogens is 449 g/mol. The Bertz CT molecular complexity index is 1320. The van der Waals surface area contributed by atoms with Crippen LogP contribution in [0, 0.1) is 0 Å². The molecule has 3 aromatic carbocycles. The van der Waals surface area contributed by atoms with Gasteiger partial charge < -0.3 is 20.5 Å². The number of nitrogen functional groups attached to an aromatic ring is 1. The molecule has 0 aliphatic rings. The van der Waals surface area contributed by atoms with Gasteiger partial charge in [-0.1, -0.05) is 41.4 Å². The third kappa shape index (κ3) is 4.15. The van der Waals surface area contributed by atoms with Crippen molar-refractivity contribution in [3.8, 4) is 22.8 Å². The summed E-state index contributed by atoms with van der Waals surface area (Å²) in [7, 11) is 3.14. The fourth-order valence-corrected chi connectivity index (χ4v) is 3.85. The highest BCUT2D eigenvalue weighted by molar-refractivity contribution is 6.39. The van der Waals surface area contributed by atoms with Crippen LogP contribution in [-0.4, -0.2) is 25.1 Å². The van der Waals surface area contributed by atoms with Crippen LogP contribution in [0.4, 0.5) is 11.4 Å². The second-order valence-electron chi connectivity index (χ2n) is 6.95. The van der Waals surface area contributed by atoms with Crippen molar-refractivity contribution in [3.05, 3.63) is 76.3 Å². The highest BCUT2D eigenvalue weighted by Crippen LogP contribution is 2.34. The summed E-state index contributed by atoms with van der Waals surface area (Å²) in [4.78, 5) is 18.0. The SMILES string of the molecule is COc1ccc(-c2cc(C(=O)Nc3cc(Cl)c(N)c(Cl)c3)c3ccccc3n2)cc1OC. The van der Waals surface area contributed by atoms with Crippen molar-refractivity contribution in [1.82, 2.24) is 4.98 Å². The summed E-state index contributed by atoms with van der Waals surface area (Å²) in [5.41, 5.74) is 9.01. The number of para-hydroxylation sites is 1. The zero-order chi connectivity index (χ0) is 22.8. The molecule has 0 spiro atoms. The van der Waals surface area contributed by atoms with Crippen LogP contribution in [0.1, 0.15) is 10.4 Å². The van der Waals surface area contributed by atoms with Crippen molar-refractivity contribution in [3.63, 3.8) is 0 Å². The van der Waals surface area contributed by atoms with Gasteiger partial charge in [-0.3, -0.25) is 4.79 Å². The Morgan fingerprint density at radius 3 is 2.31 bits per heavy atom. The molecule has 1 aromatic heterocycles. The number of nitrogens with one attached hydrogen (secondary N) is 1. The summed E-state index contributed by atoms with van der Waals surface area (Å²) < 4.78 is 10.7. The number of anilines is 2. The Kier molecular flexibility index (Phi) is 6.08. The van der Waals surface area contributed by atoms with E-state index in [1.807, 2.05) is 36.4 Å². The number of nitrogens with two attached hydrogens (primary N) is 1. The smallest absolute Gasteiger partial charge is 0.256 e. The fraction of sp³-hybridized carbons (Fsp3) is 0.0833. The van der Waals surface area contributed by atoms with Crippen LogP contribution in [0.2, 0.25) is 10.0 Å². The number of rotatable bonds is 5. The van der Waals surface area contributed by atoms with Crippen LogP contribution in [0.15, 0.2) is 60.7 Å². The number of amides is 1. The van der Waals surface area contributed by atoms with Gasteiger partial charge in [0.15, 0.2) is 11.5 Å². The molecule has 0 saturated carbocycles. The van der Waals surface area contributed by atoms with Gasteiger partial charge in [0.05, 0.1) is 46.7 Å². The number of aromatic nitrogens is 1. The Balaban J connectivity index is 1.80. The van der Waals surface area contributed by atoms with Crippen LogP contribution >= 0.6 is 23.2 Å². The first kappa shape index (κ1) is 21.7. The first-order valence-electron chi connectivity index (χ1n) is 9.59. The van der Waals surface area contributed by atoms with Crippen molar-refractivity contribution in [1.29, 1.82) is 0 Å². The number of carbonyl (C=O) groups excluding carboxylic acids is 1. The zero-order valence-electron chi connectivity index (χ0n) is 17.3. The molecule has 8 heteroatoms. The van der Waals surface area contributed by atoms with Crippen molar-refractivity contribution < 1.29 is 14.3 Å². The third-order valence-corrected chi connectivity index (χ3v) is 5.60. The fourth-order valence-electron chi connectivity index (χ4n) is 3.36. The maximum absolute atomic E-state index is 13.2. The minimum Gasteiger partial charge on any atom is -0.493 e. The lowest BCUT2D eigenvalue weighted by Crippen LogP contribution is -2.13. The number of hydrogen-bond acceptors (Lipinski definition) is 5. The molecule has 0 fully saturated rings. The summed E-state index contributed by atoms with van der Waals surface area (Å²) in [6.45, 7) is 0. The molecule has 0 aliphatic carbocycles. The lowest BCUT2D eigenvalue weighted by atomic mass is 10.0. The second-order valence-corrected chi connectivity index (χ2v) is 7.76. The molecule has 0 atom stereocenters. The standard InChI is InChI=1S/C24H19Cl2N3O3/c1-31-21-8-7-13(9-22(21)32-2)20-12-16(15-5-3-4-6-19(15)29-20)24(30)28-14-10-17(25)23(27)18(26)11-14/h3-12H,27H2,1-2H3,(H,28,30). The molecule has 1 amide bonds. The van der Waals surface area contributed by atoms with E-state index < -0.39 is 0 Å². The number of pyridine rings is 1. The van der Waals surface area contributed by atoms with Crippen molar-refractivity contribution in [2.75, 3.05) is 25.3 Å². The van der Waals surface area contributed by atoms with E-state index >= 15 is 0 Å². The van der Waals surface area contributed by atoms with Crippen molar-refractivity contribution in [2.24, 2.45) is 0 Å². The second kappa shape index (κ2) is 8.94. The van der Waals surface area contributed by atoms with Crippen molar-refractivity contribution in [2.45, 2.75) is 0 Å². The quantitative estimate of drug-likeness (QED) is 0.348. The molecule has 4 rings (SSSR count). The van der Waals surface area contributed by atoms with Gasteiger partial charge in [-0.05, 0) is 42.5 Å². The zero-order valence-corrected chi connectivity index (χ0v) is 18.8. The van der Waals surface area contributed by atoms with Gasteiger partial charge in [-0.15, -0.1) is 0 Å². The van der Waals surface area contributed by atoms with E-state index in [0.29, 0.717) is 39.3 Å². The van der Waals surface area contributed by atoms with Gasteiger partial charge in [0.25, 0.3) is 5.91 Å². The molecular formula is C24H19Cl2N3O3. The van der Waals surface area contributed by atoms with E-state index in [2.05, 4.69) is 5.32 Å². The molecule has 1 heterocycles. The van der Waals surface area contributed by atoms with Gasteiger partial charge in [-0.2, -0.15) is 0 Å². The molecule has 162 valence electrons. The maximum atomic E-state index is 13.2. The van der Waals surface area contributed by atoms with Gasteiger partial charge in [-0.25, -0.2) is 4.98 Å². The number of benzene rings is 3. The number of nitrogens with zero attached hydrogens (tertiary/aromatic N) is 1. The predicted octanol–water partition coefficient (Wildman–Crippen LogP) is 6.06. The Morgan fingerprint density at radius 2 is 1.62 bits per heavy atom. The van der Waals surface area contributed by atoms with Crippen LogP contribution in [-0.2, 0) is 0 Å². The lowest BCUT2D eigenvalue weighted by Gasteiger charge is -2.13. The highest BCUT2D eigenvalue weighted by Gasteiger charge is 2.16. The van der Waals surface area contributed by atoms with Crippen molar-refractivity contribution >= 4 is 51.4 Å². The average Bonchev–Trinajstić information content (AvgIpc) is 2.81. The summed E-state index contributed by atoms with van der Waals surface area (Å²) >= 11 is 12.2. The first-order valence-corrected chi connectivity index (χ1v) is 10.3. The third-order valence-electron chi connectivity index (χ3n) is 4.98. The lowest BCUT2D eigenvalue weighted by molar-refractivity contribution is 0.102. The summed E-state index contributed by atoms with van der Waals surface area (Å²) in [5, 5.41) is 4.08. The van der Waals surface area contributed by atoms with Gasteiger partial charge >= 0.3 is 0 Å². The molecule has 32 heavy (non-hydrogen) atoms. The first-order chi connectivity index (χ1) is 15.4. The Hall–Kier alpha value is -3.48. The normalized spacial score (nSPS) is 10.8. The maximum Gasteiger partial charge on any atom is 0.256 e. The molecule has 0 saturated heterocycles. The largest absolute Gasteiger partial charge is 0.493 e. The van der Waals surface area contributed by atoms with E-state index in [4.69, 9.17) is 43.4 Å². The molecule has 0 aliphatic heterocycles. The topological polar surface area (TPSA) is 86.5 Å². The Morgan fingerprint density at radius 1 is 0.938 bits per heavy atom. The van der Waals surface area contributed by atoms with E-state index in [1.54, 1.807) is 38.5 Å². The molecule has 0 radical (unpaired) electrons. The molecule has 0 unspecified atom stereocenters. The average molecular weight is 468 g/mol. The summed E-state index contributed by atoms with van der Waals surface area (Å²) in [6, 6.07) is 17.7. The highest BCUT2D eigenvalue weighted by atomic mass is 35.5. The van der Waals surface area contributed by atoms with E-state index in [0.717, 1.165) is 5.56 Å². The monoisotopic (exact) mass is 467 g/mol. The van der Waals surface area contributed by atoms with Gasteiger partial charge in [0.1, 0.15) is 0 Å². The summed E-state index contributed by atoms with van der Waals surface area (Å²) in [6.07, 6.45) is 0. The molecule has 3 N–H and O–H groups in total. The number of fused-ring (bicyclic) bond motifs is 1. The van der Waals surface area contributed by atoms with E-state index in [1.165, 1.54) is 0 Å². The number of carbonyl (C=O) groups is 1. The molecule has 6 nitrogen and oxygen atoms in total. The minimum atomic E-state index is -0.331. The van der Waals surface area contributed by atoms with Gasteiger partial charge in [0, 0.05) is 16.6 Å². The Labute approximate surface area is 194 Å². The number of ether oxygens (including phenoxy) is 2.